The highest BCUT2D eigenvalue weighted by molar-refractivity contribution is 7.17. The molecule has 1 aliphatic rings. The number of carbonyl (C=O) groups is 2. The summed E-state index contributed by atoms with van der Waals surface area (Å²) in [6.45, 7) is 6.80. The number of nitrogens with zero attached hydrogens (tertiary/aromatic N) is 4. The molecule has 44 heavy (non-hydrogen) atoms. The summed E-state index contributed by atoms with van der Waals surface area (Å²) < 4.78 is 14.7. The first kappa shape index (κ1) is 29.7. The zero-order valence-electron chi connectivity index (χ0n) is 24.7. The van der Waals surface area contributed by atoms with Crippen LogP contribution in [0.2, 0.25) is 5.02 Å². The van der Waals surface area contributed by atoms with Gasteiger partial charge in [-0.3, -0.25) is 9.69 Å². The molecule has 1 atom stereocenters. The molecule has 1 unspecified atom stereocenters. The SMILES string of the molecule is CC(C)(C)OC(=O)N1CCCC1C(=O)NCCn1ccc2ncnc(Nc3ccc(Oc4ccc5ccsc5c4)c(Cl)c3)c21. The molecule has 12 heteroatoms. The van der Waals surface area contributed by atoms with Gasteiger partial charge in [0.15, 0.2) is 5.82 Å². The quantitative estimate of drug-likeness (QED) is 0.184. The third kappa shape index (κ3) is 6.58. The minimum absolute atomic E-state index is 0.188. The van der Waals surface area contributed by atoms with Crippen LogP contribution in [0.15, 0.2) is 66.4 Å². The van der Waals surface area contributed by atoms with E-state index in [0.717, 1.165) is 33.6 Å². The smallest absolute Gasteiger partial charge is 0.410 e. The zero-order valence-corrected chi connectivity index (χ0v) is 26.2. The van der Waals surface area contributed by atoms with Crippen LogP contribution in [0.25, 0.3) is 21.1 Å². The van der Waals surface area contributed by atoms with Crippen LogP contribution in [0.5, 0.6) is 11.5 Å². The van der Waals surface area contributed by atoms with Crippen molar-refractivity contribution in [3.05, 3.63) is 71.5 Å². The summed E-state index contributed by atoms with van der Waals surface area (Å²) in [4.78, 5) is 36.0. The highest BCUT2D eigenvalue weighted by Gasteiger charge is 2.36. The van der Waals surface area contributed by atoms with Gasteiger partial charge in [0.05, 0.1) is 10.5 Å². The Labute approximate surface area is 263 Å². The second-order valence-electron chi connectivity index (χ2n) is 11.6. The number of rotatable bonds is 8. The van der Waals surface area contributed by atoms with E-state index in [1.165, 1.54) is 16.6 Å². The van der Waals surface area contributed by atoms with Crippen molar-refractivity contribution in [2.75, 3.05) is 18.4 Å². The lowest BCUT2D eigenvalue weighted by atomic mass is 10.2. The van der Waals surface area contributed by atoms with E-state index >= 15 is 0 Å². The standard InChI is InChI=1S/C32H33ClN6O4S/c1-32(2,3)43-31(41)39-13-4-5-25(39)30(40)34-12-15-38-14-10-24-28(38)29(36-19-35-24)37-21-7-9-26(23(33)17-21)42-22-8-6-20-11-16-44-27(20)18-22/h6-11,14,16-19,25H,4-5,12-13,15H2,1-3H3,(H,34,40)(H,35,36,37). The lowest BCUT2D eigenvalue weighted by molar-refractivity contribution is -0.125. The fraction of sp³-hybridized carbons (Fsp3) is 0.312. The molecule has 0 bridgehead atoms. The molecule has 3 aromatic heterocycles. The Morgan fingerprint density at radius 2 is 1.98 bits per heavy atom. The van der Waals surface area contributed by atoms with E-state index in [1.807, 2.05) is 67.9 Å². The van der Waals surface area contributed by atoms with Gasteiger partial charge in [0.2, 0.25) is 5.91 Å². The number of halogens is 1. The molecular weight excluding hydrogens is 600 g/mol. The molecule has 0 aliphatic carbocycles. The van der Waals surface area contributed by atoms with Gasteiger partial charge in [0.1, 0.15) is 35.0 Å². The van der Waals surface area contributed by atoms with Crippen LogP contribution in [0.1, 0.15) is 33.6 Å². The Bertz CT molecular complexity index is 1830. The van der Waals surface area contributed by atoms with Crippen LogP contribution in [-0.4, -0.2) is 56.2 Å². The number of thiophene rings is 1. The minimum atomic E-state index is -0.620. The summed E-state index contributed by atoms with van der Waals surface area (Å²) in [5, 5.41) is 10.0. The van der Waals surface area contributed by atoms with Gasteiger partial charge >= 0.3 is 6.09 Å². The van der Waals surface area contributed by atoms with E-state index in [1.54, 1.807) is 17.4 Å². The Morgan fingerprint density at radius 1 is 1.11 bits per heavy atom. The van der Waals surface area contributed by atoms with Crippen molar-refractivity contribution in [1.29, 1.82) is 0 Å². The molecule has 0 radical (unpaired) electrons. The number of likely N-dealkylation sites (tertiary alicyclic amines) is 1. The molecule has 10 nitrogen and oxygen atoms in total. The number of nitrogens with one attached hydrogen (secondary N) is 2. The number of anilines is 2. The second-order valence-corrected chi connectivity index (χ2v) is 12.9. The van der Waals surface area contributed by atoms with Gasteiger partial charge in [0, 0.05) is 36.2 Å². The Kier molecular flexibility index (Phi) is 8.33. The van der Waals surface area contributed by atoms with Gasteiger partial charge in [-0.25, -0.2) is 14.8 Å². The van der Waals surface area contributed by atoms with Crippen LogP contribution in [0.4, 0.5) is 16.3 Å². The summed E-state index contributed by atoms with van der Waals surface area (Å²) in [6, 6.07) is 14.9. The summed E-state index contributed by atoms with van der Waals surface area (Å²) in [7, 11) is 0. The first-order chi connectivity index (χ1) is 21.1. The summed E-state index contributed by atoms with van der Waals surface area (Å²) in [5.74, 6) is 1.68. The van der Waals surface area contributed by atoms with Crippen LogP contribution in [0, 0.1) is 0 Å². The Morgan fingerprint density at radius 3 is 2.80 bits per heavy atom. The van der Waals surface area contributed by atoms with Crippen molar-refractivity contribution in [2.24, 2.45) is 0 Å². The molecule has 4 heterocycles. The number of fused-ring (bicyclic) bond motifs is 2. The van der Waals surface area contributed by atoms with E-state index < -0.39 is 17.7 Å². The number of benzene rings is 2. The molecule has 1 fully saturated rings. The zero-order chi connectivity index (χ0) is 30.8. The van der Waals surface area contributed by atoms with Crippen LogP contribution in [-0.2, 0) is 16.1 Å². The molecular formula is C32H33ClN6O4S. The van der Waals surface area contributed by atoms with Gasteiger partial charge in [-0.1, -0.05) is 11.6 Å². The van der Waals surface area contributed by atoms with Gasteiger partial charge < -0.3 is 24.7 Å². The number of hydrogen-bond acceptors (Lipinski definition) is 8. The molecule has 1 aliphatic heterocycles. The molecule has 2 aromatic carbocycles. The van der Waals surface area contributed by atoms with E-state index in [-0.39, 0.29) is 5.91 Å². The summed E-state index contributed by atoms with van der Waals surface area (Å²) in [6.07, 6.45) is 4.32. The predicted molar refractivity (Wildman–Crippen MR) is 173 cm³/mol. The van der Waals surface area contributed by atoms with E-state index in [9.17, 15) is 9.59 Å². The van der Waals surface area contributed by atoms with E-state index in [4.69, 9.17) is 21.1 Å². The largest absolute Gasteiger partial charge is 0.456 e. The average Bonchev–Trinajstić information content (AvgIpc) is 3.74. The maximum absolute atomic E-state index is 13.0. The third-order valence-corrected chi connectivity index (χ3v) is 8.41. The normalized spacial score (nSPS) is 15.1. The van der Waals surface area contributed by atoms with Gasteiger partial charge in [-0.05, 0) is 92.9 Å². The lowest BCUT2D eigenvalue weighted by Crippen LogP contribution is -2.48. The number of ether oxygens (including phenoxy) is 2. The molecule has 2 amide bonds. The maximum Gasteiger partial charge on any atom is 0.410 e. The van der Waals surface area contributed by atoms with Gasteiger partial charge in [-0.15, -0.1) is 11.3 Å². The van der Waals surface area contributed by atoms with Crippen molar-refractivity contribution >= 4 is 67.6 Å². The lowest BCUT2D eigenvalue weighted by Gasteiger charge is -2.28. The van der Waals surface area contributed by atoms with E-state index in [2.05, 4.69) is 32.0 Å². The van der Waals surface area contributed by atoms with Crippen molar-refractivity contribution in [3.63, 3.8) is 0 Å². The fourth-order valence-corrected chi connectivity index (χ4v) is 6.27. The third-order valence-electron chi connectivity index (χ3n) is 7.24. The van der Waals surface area contributed by atoms with Gasteiger partial charge in [-0.2, -0.15) is 0 Å². The number of amides is 2. The minimum Gasteiger partial charge on any atom is -0.456 e. The average molecular weight is 633 g/mol. The van der Waals surface area contributed by atoms with Crippen molar-refractivity contribution in [2.45, 2.75) is 51.8 Å². The molecule has 228 valence electrons. The maximum atomic E-state index is 13.0. The van der Waals surface area contributed by atoms with Crippen LogP contribution >= 0.6 is 22.9 Å². The molecule has 2 N–H and O–H groups in total. The monoisotopic (exact) mass is 632 g/mol. The van der Waals surface area contributed by atoms with Crippen molar-refractivity contribution < 1.29 is 19.1 Å². The summed E-state index contributed by atoms with van der Waals surface area (Å²) in [5.41, 5.74) is 1.67. The first-order valence-corrected chi connectivity index (χ1v) is 15.7. The molecule has 0 spiro atoms. The van der Waals surface area contributed by atoms with Gasteiger partial charge in [0.25, 0.3) is 0 Å². The highest BCUT2D eigenvalue weighted by Crippen LogP contribution is 2.35. The van der Waals surface area contributed by atoms with Crippen LogP contribution in [0.3, 0.4) is 0 Å². The Balaban J connectivity index is 1.11. The fourth-order valence-electron chi connectivity index (χ4n) is 5.23. The molecule has 5 aromatic rings. The number of aromatic nitrogens is 3. The predicted octanol–water partition coefficient (Wildman–Crippen LogP) is 7.35. The topological polar surface area (TPSA) is 111 Å². The second kappa shape index (κ2) is 12.3. The van der Waals surface area contributed by atoms with Crippen molar-refractivity contribution in [1.82, 2.24) is 24.8 Å². The molecule has 6 rings (SSSR count). The first-order valence-electron chi connectivity index (χ1n) is 14.4. The molecule has 1 saturated heterocycles. The number of carbonyl (C=O) groups excluding carboxylic acids is 2. The van der Waals surface area contributed by atoms with Crippen LogP contribution < -0.4 is 15.4 Å². The van der Waals surface area contributed by atoms with E-state index in [0.29, 0.717) is 42.6 Å². The number of hydrogen-bond donors (Lipinski definition) is 2. The van der Waals surface area contributed by atoms with Crippen molar-refractivity contribution in [3.8, 4) is 11.5 Å². The Hall–Kier alpha value is -4.35. The molecule has 0 saturated carbocycles. The highest BCUT2D eigenvalue weighted by atomic mass is 35.5. The summed E-state index contributed by atoms with van der Waals surface area (Å²) >= 11 is 8.27.